The van der Waals surface area contributed by atoms with Gasteiger partial charge in [0.1, 0.15) is 0 Å². The third-order valence-corrected chi connectivity index (χ3v) is 4.49. The average molecular weight is 419 g/mol. The Hall–Kier alpha value is -2.93. The molecule has 0 spiro atoms. The van der Waals surface area contributed by atoms with Crippen molar-refractivity contribution in [3.05, 3.63) is 52.5 Å². The van der Waals surface area contributed by atoms with Gasteiger partial charge in [0.2, 0.25) is 5.91 Å². The molecule has 0 saturated heterocycles. The molecule has 2 aromatic carbocycles. The van der Waals surface area contributed by atoms with Crippen LogP contribution < -0.4 is 25.4 Å². The molecule has 0 aromatic heterocycles. The van der Waals surface area contributed by atoms with E-state index in [4.69, 9.17) is 21.1 Å². The fraction of sp³-hybridized carbons (Fsp3) is 0.333. The molecule has 3 N–H and O–H groups in total. The van der Waals surface area contributed by atoms with E-state index in [0.717, 1.165) is 11.1 Å². The number of aliphatic imine (C=N–C) groups is 1. The van der Waals surface area contributed by atoms with Crippen molar-refractivity contribution in [3.8, 4) is 11.5 Å². The Balaban J connectivity index is 1.79. The number of amides is 1. The van der Waals surface area contributed by atoms with Crippen molar-refractivity contribution in [3.63, 3.8) is 0 Å². The van der Waals surface area contributed by atoms with E-state index in [0.29, 0.717) is 41.3 Å². The Bertz CT molecular complexity index is 871. The molecule has 0 saturated carbocycles. The van der Waals surface area contributed by atoms with Crippen LogP contribution in [0, 0.1) is 6.92 Å². The highest BCUT2D eigenvalue weighted by Gasteiger charge is 2.08. The molecule has 0 aliphatic heterocycles. The van der Waals surface area contributed by atoms with Crippen LogP contribution in [0.5, 0.6) is 11.5 Å². The molecule has 8 heteroatoms. The van der Waals surface area contributed by atoms with Gasteiger partial charge < -0.3 is 25.4 Å². The number of rotatable bonds is 8. The lowest BCUT2D eigenvalue weighted by Crippen LogP contribution is -2.38. The van der Waals surface area contributed by atoms with Crippen LogP contribution in [0.25, 0.3) is 0 Å². The largest absolute Gasteiger partial charge is 0.493 e. The van der Waals surface area contributed by atoms with Gasteiger partial charge in [0.05, 0.1) is 24.9 Å². The predicted octanol–water partition coefficient (Wildman–Crippen LogP) is 3.36. The van der Waals surface area contributed by atoms with E-state index in [-0.39, 0.29) is 12.3 Å². The zero-order chi connectivity index (χ0) is 21.2. The first-order valence-corrected chi connectivity index (χ1v) is 9.56. The van der Waals surface area contributed by atoms with E-state index in [2.05, 4.69) is 20.9 Å². The van der Waals surface area contributed by atoms with E-state index < -0.39 is 0 Å². The summed E-state index contributed by atoms with van der Waals surface area (Å²) in [4.78, 5) is 16.3. The number of anilines is 1. The standard InChI is InChI=1S/C21H27ClN4O3/c1-14-5-7-17(16(22)11-14)26-20(27)9-10-24-21(23-2)25-13-15-6-8-18(28-3)19(12-15)29-4/h5-8,11-12H,9-10,13H2,1-4H3,(H,26,27)(H2,23,24,25). The summed E-state index contributed by atoms with van der Waals surface area (Å²) in [5.74, 6) is 1.82. The fourth-order valence-electron chi connectivity index (χ4n) is 2.63. The summed E-state index contributed by atoms with van der Waals surface area (Å²) in [6, 6.07) is 11.2. The van der Waals surface area contributed by atoms with Crippen LogP contribution in [-0.4, -0.2) is 39.7 Å². The third kappa shape index (κ3) is 6.87. The van der Waals surface area contributed by atoms with Crippen molar-refractivity contribution in [2.45, 2.75) is 19.9 Å². The summed E-state index contributed by atoms with van der Waals surface area (Å²) in [5, 5.41) is 9.66. The lowest BCUT2D eigenvalue weighted by molar-refractivity contribution is -0.116. The number of carbonyl (C=O) groups excluding carboxylic acids is 1. The van der Waals surface area contributed by atoms with Gasteiger partial charge >= 0.3 is 0 Å². The fourth-order valence-corrected chi connectivity index (χ4v) is 2.91. The maximum atomic E-state index is 12.1. The van der Waals surface area contributed by atoms with Gasteiger partial charge in [-0.05, 0) is 42.3 Å². The molecule has 156 valence electrons. The van der Waals surface area contributed by atoms with Gasteiger partial charge in [-0.25, -0.2) is 0 Å². The summed E-state index contributed by atoms with van der Waals surface area (Å²) in [6.45, 7) is 2.92. The maximum absolute atomic E-state index is 12.1. The van der Waals surface area contributed by atoms with Crippen LogP contribution in [0.1, 0.15) is 17.5 Å². The van der Waals surface area contributed by atoms with Crippen molar-refractivity contribution < 1.29 is 14.3 Å². The van der Waals surface area contributed by atoms with E-state index in [9.17, 15) is 4.79 Å². The summed E-state index contributed by atoms with van der Waals surface area (Å²) < 4.78 is 10.6. The number of aryl methyl sites for hydroxylation is 1. The monoisotopic (exact) mass is 418 g/mol. The number of hydrogen-bond acceptors (Lipinski definition) is 4. The molecule has 0 atom stereocenters. The summed E-state index contributed by atoms with van der Waals surface area (Å²) in [5.41, 5.74) is 2.66. The molecule has 0 aliphatic rings. The minimum absolute atomic E-state index is 0.126. The highest BCUT2D eigenvalue weighted by molar-refractivity contribution is 6.33. The van der Waals surface area contributed by atoms with Crippen LogP contribution >= 0.6 is 11.6 Å². The number of benzene rings is 2. The van der Waals surface area contributed by atoms with Gasteiger partial charge in [-0.2, -0.15) is 0 Å². The number of guanidine groups is 1. The average Bonchev–Trinajstić information content (AvgIpc) is 2.72. The zero-order valence-corrected chi connectivity index (χ0v) is 17.9. The third-order valence-electron chi connectivity index (χ3n) is 4.17. The van der Waals surface area contributed by atoms with Crippen molar-refractivity contribution in [2.24, 2.45) is 4.99 Å². The Labute approximate surface area is 176 Å². The topological polar surface area (TPSA) is 84.0 Å². The number of halogens is 1. The first kappa shape index (κ1) is 22.4. The molecule has 2 aromatic rings. The van der Waals surface area contributed by atoms with Gasteiger partial charge in [0, 0.05) is 26.6 Å². The number of ether oxygens (including phenoxy) is 2. The molecule has 0 heterocycles. The zero-order valence-electron chi connectivity index (χ0n) is 17.1. The van der Waals surface area contributed by atoms with Gasteiger partial charge in [0.25, 0.3) is 0 Å². The normalized spacial score (nSPS) is 11.0. The first-order chi connectivity index (χ1) is 14.0. The second-order valence-electron chi connectivity index (χ2n) is 6.32. The molecule has 1 amide bonds. The Morgan fingerprint density at radius 2 is 1.83 bits per heavy atom. The van der Waals surface area contributed by atoms with Crippen molar-refractivity contribution >= 4 is 29.2 Å². The van der Waals surface area contributed by atoms with E-state index in [1.165, 1.54) is 0 Å². The highest BCUT2D eigenvalue weighted by atomic mass is 35.5. The second kappa shape index (κ2) is 11.2. The van der Waals surface area contributed by atoms with Crippen LogP contribution in [0.3, 0.4) is 0 Å². The molecule has 0 radical (unpaired) electrons. The number of methoxy groups -OCH3 is 2. The van der Waals surface area contributed by atoms with Crippen molar-refractivity contribution in [1.82, 2.24) is 10.6 Å². The van der Waals surface area contributed by atoms with Crippen LogP contribution in [0.15, 0.2) is 41.4 Å². The second-order valence-corrected chi connectivity index (χ2v) is 6.73. The lowest BCUT2D eigenvalue weighted by Gasteiger charge is -2.14. The molecule has 29 heavy (non-hydrogen) atoms. The SMILES string of the molecule is CN=C(NCCC(=O)Nc1ccc(C)cc1Cl)NCc1ccc(OC)c(OC)c1. The summed E-state index contributed by atoms with van der Waals surface area (Å²) in [6.07, 6.45) is 0.279. The van der Waals surface area contributed by atoms with Gasteiger partial charge in [-0.1, -0.05) is 23.7 Å². The number of carbonyl (C=O) groups is 1. The van der Waals surface area contributed by atoms with Crippen molar-refractivity contribution in [1.29, 1.82) is 0 Å². The minimum Gasteiger partial charge on any atom is -0.493 e. The molecular formula is C21H27ClN4O3. The quantitative estimate of drug-likeness (QED) is 0.452. The lowest BCUT2D eigenvalue weighted by atomic mass is 10.2. The predicted molar refractivity (Wildman–Crippen MR) is 117 cm³/mol. The number of nitrogens with one attached hydrogen (secondary N) is 3. The van der Waals surface area contributed by atoms with Crippen LogP contribution in [0.4, 0.5) is 5.69 Å². The van der Waals surface area contributed by atoms with Gasteiger partial charge in [-0.3, -0.25) is 9.79 Å². The van der Waals surface area contributed by atoms with E-state index in [1.54, 1.807) is 27.3 Å². The molecule has 0 fully saturated rings. The van der Waals surface area contributed by atoms with Crippen LogP contribution in [0.2, 0.25) is 5.02 Å². The van der Waals surface area contributed by atoms with Gasteiger partial charge in [0.15, 0.2) is 17.5 Å². The Morgan fingerprint density at radius 3 is 2.48 bits per heavy atom. The smallest absolute Gasteiger partial charge is 0.226 e. The molecule has 2 rings (SSSR count). The molecule has 0 bridgehead atoms. The molecule has 0 aliphatic carbocycles. The summed E-state index contributed by atoms with van der Waals surface area (Å²) >= 11 is 6.14. The molecule has 0 unspecified atom stereocenters. The maximum Gasteiger partial charge on any atom is 0.226 e. The van der Waals surface area contributed by atoms with Crippen molar-refractivity contribution in [2.75, 3.05) is 33.1 Å². The number of hydrogen-bond donors (Lipinski definition) is 3. The van der Waals surface area contributed by atoms with Crippen LogP contribution in [-0.2, 0) is 11.3 Å². The van der Waals surface area contributed by atoms with E-state index in [1.807, 2.05) is 37.3 Å². The summed E-state index contributed by atoms with van der Waals surface area (Å²) in [7, 11) is 4.88. The highest BCUT2D eigenvalue weighted by Crippen LogP contribution is 2.27. The first-order valence-electron chi connectivity index (χ1n) is 9.18. The number of nitrogens with zero attached hydrogens (tertiary/aromatic N) is 1. The molecule has 7 nitrogen and oxygen atoms in total. The van der Waals surface area contributed by atoms with Gasteiger partial charge in [-0.15, -0.1) is 0 Å². The Kier molecular flexibility index (Phi) is 8.61. The Morgan fingerprint density at radius 1 is 1.07 bits per heavy atom. The molecular weight excluding hydrogens is 392 g/mol. The minimum atomic E-state index is -0.126. The van der Waals surface area contributed by atoms with E-state index >= 15 is 0 Å².